The fourth-order valence-corrected chi connectivity index (χ4v) is 2.81. The molecule has 0 aromatic carbocycles. The number of nitrogens with zero attached hydrogens (tertiary/aromatic N) is 2. The summed E-state index contributed by atoms with van der Waals surface area (Å²) in [5.74, 6) is 0.343. The van der Waals surface area contributed by atoms with Crippen LogP contribution in [-0.2, 0) is 0 Å². The van der Waals surface area contributed by atoms with Gasteiger partial charge in [0.25, 0.3) is 0 Å². The Morgan fingerprint density at radius 2 is 2.05 bits per heavy atom. The number of amidine groups is 1. The lowest BCUT2D eigenvalue weighted by atomic mass is 9.86. The van der Waals surface area contributed by atoms with E-state index in [1.807, 2.05) is 13.8 Å². The van der Waals surface area contributed by atoms with Gasteiger partial charge < -0.3 is 15.8 Å². The van der Waals surface area contributed by atoms with Crippen LogP contribution in [-0.4, -0.2) is 35.1 Å². The van der Waals surface area contributed by atoms with Gasteiger partial charge in [0.1, 0.15) is 5.84 Å². The van der Waals surface area contributed by atoms with Gasteiger partial charge in [-0.1, -0.05) is 38.3 Å². The molecule has 0 amide bonds. The molecule has 0 bridgehead atoms. The van der Waals surface area contributed by atoms with Gasteiger partial charge in [0.15, 0.2) is 0 Å². The Balaban J connectivity index is 2.26. The number of oxime groups is 1. The molecule has 4 heteroatoms. The Hall–Kier alpha value is -0.770. The second-order valence-electron chi connectivity index (χ2n) is 6.56. The van der Waals surface area contributed by atoms with E-state index in [4.69, 9.17) is 10.9 Å². The van der Waals surface area contributed by atoms with Crippen molar-refractivity contribution in [1.82, 2.24) is 4.90 Å². The molecule has 1 saturated heterocycles. The summed E-state index contributed by atoms with van der Waals surface area (Å²) in [6.45, 7) is 8.87. The summed E-state index contributed by atoms with van der Waals surface area (Å²) < 4.78 is 0. The molecule has 0 aromatic rings. The average molecular weight is 269 g/mol. The smallest absolute Gasteiger partial charge is 0.144 e. The van der Waals surface area contributed by atoms with E-state index in [0.717, 1.165) is 18.9 Å². The van der Waals surface area contributed by atoms with Gasteiger partial charge in [0.2, 0.25) is 0 Å². The minimum atomic E-state index is -0.195. The maximum Gasteiger partial charge on any atom is 0.144 e. The largest absolute Gasteiger partial charge is 0.409 e. The highest BCUT2D eigenvalue weighted by Gasteiger charge is 2.23. The van der Waals surface area contributed by atoms with E-state index in [9.17, 15) is 0 Å². The number of rotatable bonds is 6. The first kappa shape index (κ1) is 16.3. The van der Waals surface area contributed by atoms with Gasteiger partial charge in [-0.05, 0) is 45.7 Å². The van der Waals surface area contributed by atoms with Crippen LogP contribution in [0, 0.1) is 5.41 Å². The molecule has 1 rings (SSSR count). The van der Waals surface area contributed by atoms with Crippen LogP contribution in [0.15, 0.2) is 5.16 Å². The number of nitrogens with two attached hydrogens (primary N) is 1. The molecular formula is C15H31N3O. The third-order valence-electron chi connectivity index (χ3n) is 4.49. The Morgan fingerprint density at radius 3 is 2.74 bits per heavy atom. The normalized spacial score (nSPS) is 23.3. The molecule has 0 radical (unpaired) electrons. The molecule has 0 spiro atoms. The lowest BCUT2D eigenvalue weighted by Crippen LogP contribution is -2.34. The van der Waals surface area contributed by atoms with Gasteiger partial charge in [-0.25, -0.2) is 0 Å². The second-order valence-corrected chi connectivity index (χ2v) is 6.56. The lowest BCUT2D eigenvalue weighted by Gasteiger charge is -2.28. The Labute approximate surface area is 118 Å². The van der Waals surface area contributed by atoms with Crippen LogP contribution in [0.25, 0.3) is 0 Å². The number of hydrogen-bond donors (Lipinski definition) is 2. The molecule has 1 atom stereocenters. The van der Waals surface area contributed by atoms with E-state index in [0.29, 0.717) is 5.84 Å². The first-order valence-electron chi connectivity index (χ1n) is 7.69. The summed E-state index contributed by atoms with van der Waals surface area (Å²) in [6, 6.07) is 0.736. The van der Waals surface area contributed by atoms with Crippen molar-refractivity contribution in [2.24, 2.45) is 16.3 Å². The van der Waals surface area contributed by atoms with E-state index < -0.39 is 0 Å². The van der Waals surface area contributed by atoms with Gasteiger partial charge in [0.05, 0.1) is 0 Å². The van der Waals surface area contributed by atoms with Gasteiger partial charge in [-0.2, -0.15) is 0 Å². The van der Waals surface area contributed by atoms with E-state index in [2.05, 4.69) is 17.0 Å². The highest BCUT2D eigenvalue weighted by Crippen LogP contribution is 2.24. The predicted molar refractivity (Wildman–Crippen MR) is 80.5 cm³/mol. The number of hydrogen-bond acceptors (Lipinski definition) is 3. The zero-order chi connectivity index (χ0) is 14.3. The van der Waals surface area contributed by atoms with Crippen molar-refractivity contribution in [2.45, 2.75) is 71.8 Å². The molecule has 1 aliphatic rings. The summed E-state index contributed by atoms with van der Waals surface area (Å²) in [5.41, 5.74) is 5.51. The average Bonchev–Trinajstić information content (AvgIpc) is 2.58. The fourth-order valence-electron chi connectivity index (χ4n) is 2.81. The van der Waals surface area contributed by atoms with Crippen molar-refractivity contribution in [3.05, 3.63) is 0 Å². The predicted octanol–water partition coefficient (Wildman–Crippen LogP) is 3.19. The highest BCUT2D eigenvalue weighted by atomic mass is 16.4. The number of likely N-dealkylation sites (tertiary alicyclic amines) is 1. The van der Waals surface area contributed by atoms with Gasteiger partial charge >= 0.3 is 0 Å². The maximum atomic E-state index is 8.75. The minimum Gasteiger partial charge on any atom is -0.409 e. The van der Waals surface area contributed by atoms with Crippen LogP contribution in [0.1, 0.15) is 65.7 Å². The molecule has 4 nitrogen and oxygen atoms in total. The monoisotopic (exact) mass is 269 g/mol. The third-order valence-corrected chi connectivity index (χ3v) is 4.49. The molecule has 1 unspecified atom stereocenters. The van der Waals surface area contributed by atoms with Crippen molar-refractivity contribution in [1.29, 1.82) is 0 Å². The zero-order valence-electron chi connectivity index (χ0n) is 12.9. The Bertz CT molecular complexity index is 289. The summed E-state index contributed by atoms with van der Waals surface area (Å²) >= 11 is 0. The molecule has 0 aliphatic carbocycles. The molecule has 1 aliphatic heterocycles. The molecule has 1 fully saturated rings. The summed E-state index contributed by atoms with van der Waals surface area (Å²) in [4.78, 5) is 2.63. The van der Waals surface area contributed by atoms with Crippen LogP contribution in [0.3, 0.4) is 0 Å². The summed E-state index contributed by atoms with van der Waals surface area (Å²) in [6.07, 6.45) is 8.77. The van der Waals surface area contributed by atoms with Crippen molar-refractivity contribution in [3.8, 4) is 0 Å². The van der Waals surface area contributed by atoms with E-state index >= 15 is 0 Å². The summed E-state index contributed by atoms with van der Waals surface area (Å²) in [7, 11) is 0. The standard InChI is InChI=1S/C15H31N3O/c1-13-9-5-4-7-11-18(13)12-8-6-10-15(2,3)14(16)17-19/h13,19H,4-12H2,1-3H3,(H2,16,17). The molecule has 19 heavy (non-hydrogen) atoms. The molecule has 112 valence electrons. The minimum absolute atomic E-state index is 0.195. The maximum absolute atomic E-state index is 8.75. The van der Waals surface area contributed by atoms with Crippen molar-refractivity contribution < 1.29 is 5.21 Å². The fraction of sp³-hybridized carbons (Fsp3) is 0.933. The molecule has 1 heterocycles. The van der Waals surface area contributed by atoms with Gasteiger partial charge in [-0.3, -0.25) is 0 Å². The first-order valence-corrected chi connectivity index (χ1v) is 7.69. The van der Waals surface area contributed by atoms with Crippen LogP contribution in [0.2, 0.25) is 0 Å². The van der Waals surface area contributed by atoms with E-state index in [-0.39, 0.29) is 5.41 Å². The summed E-state index contributed by atoms with van der Waals surface area (Å²) in [5, 5.41) is 11.9. The second kappa shape index (κ2) is 7.73. The molecule has 3 N–H and O–H groups in total. The highest BCUT2D eigenvalue weighted by molar-refractivity contribution is 5.85. The van der Waals surface area contributed by atoms with Gasteiger partial charge in [0, 0.05) is 11.5 Å². The molecule has 0 saturated carbocycles. The SMILES string of the molecule is CC1CCCCCN1CCCCC(C)(C)C(N)=NO. The molecular weight excluding hydrogens is 238 g/mol. The van der Waals surface area contributed by atoms with Crippen LogP contribution in [0.4, 0.5) is 0 Å². The third kappa shape index (κ3) is 5.39. The molecule has 0 aromatic heterocycles. The zero-order valence-corrected chi connectivity index (χ0v) is 12.9. The van der Waals surface area contributed by atoms with Gasteiger partial charge in [-0.15, -0.1) is 0 Å². The van der Waals surface area contributed by atoms with Crippen LogP contribution >= 0.6 is 0 Å². The Morgan fingerprint density at radius 1 is 1.32 bits per heavy atom. The van der Waals surface area contributed by atoms with Crippen molar-refractivity contribution >= 4 is 5.84 Å². The van der Waals surface area contributed by atoms with E-state index in [1.165, 1.54) is 45.2 Å². The lowest BCUT2D eigenvalue weighted by molar-refractivity contribution is 0.206. The Kier molecular flexibility index (Phi) is 6.63. The van der Waals surface area contributed by atoms with Crippen LogP contribution < -0.4 is 5.73 Å². The van der Waals surface area contributed by atoms with Crippen molar-refractivity contribution in [2.75, 3.05) is 13.1 Å². The van der Waals surface area contributed by atoms with Crippen molar-refractivity contribution in [3.63, 3.8) is 0 Å². The topological polar surface area (TPSA) is 61.8 Å². The first-order chi connectivity index (χ1) is 8.97. The quantitative estimate of drug-likeness (QED) is 0.256. The van der Waals surface area contributed by atoms with E-state index in [1.54, 1.807) is 0 Å². The number of unbranched alkanes of at least 4 members (excludes halogenated alkanes) is 1. The van der Waals surface area contributed by atoms with Crippen LogP contribution in [0.5, 0.6) is 0 Å².